The van der Waals surface area contributed by atoms with Crippen LogP contribution in [0, 0.1) is 12.1 Å². The van der Waals surface area contributed by atoms with Crippen LogP contribution in [0.3, 0.4) is 0 Å². The van der Waals surface area contributed by atoms with Crippen molar-refractivity contribution in [3.8, 4) is 22.5 Å². The molecule has 0 spiro atoms. The van der Waals surface area contributed by atoms with E-state index in [1.54, 1.807) is 6.20 Å². The normalized spacial score (nSPS) is 15.1. The molecule has 47 heavy (non-hydrogen) atoms. The van der Waals surface area contributed by atoms with E-state index in [9.17, 15) is 0 Å². The summed E-state index contributed by atoms with van der Waals surface area (Å²) in [4.78, 5) is 9.25. The van der Waals surface area contributed by atoms with Crippen molar-refractivity contribution in [2.45, 2.75) is 90.8 Å². The molecule has 0 aliphatic heterocycles. The topological polar surface area (TPSA) is 38.9 Å². The fraction of sp³-hybridized carbons (Fsp3) is 0.333. The molecule has 0 N–H and O–H groups in total. The van der Waals surface area contributed by atoms with Crippen molar-refractivity contribution < 1.29 is 24.5 Å². The maximum Gasteiger partial charge on any atom is 0.121 e. The van der Waals surface area contributed by atoms with Crippen LogP contribution in [-0.2, 0) is 30.9 Å². The van der Waals surface area contributed by atoms with Gasteiger partial charge < -0.3 is 14.4 Å². The van der Waals surface area contributed by atoms with Gasteiger partial charge in [-0.15, -0.1) is 53.2 Å². The van der Waals surface area contributed by atoms with Crippen molar-refractivity contribution in [2.24, 2.45) is 0 Å². The summed E-state index contributed by atoms with van der Waals surface area (Å²) >= 11 is 0. The molecule has 5 heteroatoms. The van der Waals surface area contributed by atoms with E-state index in [2.05, 4.69) is 133 Å². The summed E-state index contributed by atoms with van der Waals surface area (Å²) < 4.78 is 6.16. The van der Waals surface area contributed by atoms with Crippen molar-refractivity contribution in [2.75, 3.05) is 0 Å². The molecule has 0 unspecified atom stereocenters. The van der Waals surface area contributed by atoms with Crippen LogP contribution >= 0.6 is 0 Å². The summed E-state index contributed by atoms with van der Waals surface area (Å²) in [6.07, 6.45) is 6.38. The van der Waals surface area contributed by atoms with Gasteiger partial charge in [0.25, 0.3) is 0 Å². The van der Waals surface area contributed by atoms with Gasteiger partial charge in [0.05, 0.1) is 13.7 Å². The Morgan fingerprint density at radius 2 is 1.49 bits per heavy atom. The molecule has 245 valence electrons. The first-order chi connectivity index (χ1) is 21.7. The van der Waals surface area contributed by atoms with Gasteiger partial charge in [-0.05, 0) is 69.8 Å². The van der Waals surface area contributed by atoms with Crippen LogP contribution in [0.2, 0.25) is 19.6 Å². The summed E-state index contributed by atoms with van der Waals surface area (Å²) in [5.74, 6) is 0.486. The van der Waals surface area contributed by atoms with Crippen LogP contribution in [0.4, 0.5) is 0 Å². The SMILES string of the molecule is CC(C)c1ccc2c(c1)oc1c(-c3ccccn3)[c-]ccc12.CC1(C)CCC(C)(C)c2cc(-c3[c-]ccc([Si](C)(C)C)c3)ncc21.[Ir]. The molecule has 3 nitrogen and oxygen atoms in total. The van der Waals surface area contributed by atoms with Gasteiger partial charge in [-0.25, -0.2) is 0 Å². The third-order valence-corrected chi connectivity index (χ3v) is 11.8. The Morgan fingerprint density at radius 1 is 0.766 bits per heavy atom. The molecule has 3 aromatic heterocycles. The number of benzene rings is 3. The Morgan fingerprint density at radius 3 is 2.17 bits per heavy atom. The number of fused-ring (bicyclic) bond motifs is 4. The van der Waals surface area contributed by atoms with E-state index in [1.807, 2.05) is 24.3 Å². The summed E-state index contributed by atoms with van der Waals surface area (Å²) in [5.41, 5.74) is 10.4. The van der Waals surface area contributed by atoms with Crippen molar-refractivity contribution >= 4 is 35.2 Å². The van der Waals surface area contributed by atoms with E-state index in [0.29, 0.717) is 5.92 Å². The van der Waals surface area contributed by atoms with Gasteiger partial charge in [-0.2, -0.15) is 0 Å². The zero-order valence-electron chi connectivity index (χ0n) is 29.2. The van der Waals surface area contributed by atoms with Gasteiger partial charge >= 0.3 is 0 Å². The minimum absolute atomic E-state index is 0. The van der Waals surface area contributed by atoms with Gasteiger partial charge in [-0.3, -0.25) is 0 Å². The molecular formula is C42H46IrN2OSi-2. The molecule has 1 radical (unpaired) electrons. The minimum Gasteiger partial charge on any atom is -0.501 e. The number of nitrogens with zero attached hydrogens (tertiary/aromatic N) is 2. The fourth-order valence-corrected chi connectivity index (χ4v) is 7.66. The summed E-state index contributed by atoms with van der Waals surface area (Å²) in [6.45, 7) is 21.0. The van der Waals surface area contributed by atoms with Crippen molar-refractivity contribution in [1.29, 1.82) is 0 Å². The quantitative estimate of drug-likeness (QED) is 0.131. The Balaban J connectivity index is 0.000000181. The first-order valence-corrected chi connectivity index (χ1v) is 20.1. The Hall–Kier alpha value is -3.37. The Labute approximate surface area is 295 Å². The predicted octanol–water partition coefficient (Wildman–Crippen LogP) is 11.0. The van der Waals surface area contributed by atoms with Crippen LogP contribution < -0.4 is 5.19 Å². The average molecular weight is 815 g/mol. The van der Waals surface area contributed by atoms with Crippen LogP contribution in [0.15, 0.2) is 89.6 Å². The Kier molecular flexibility index (Phi) is 9.86. The molecule has 0 atom stereocenters. The van der Waals surface area contributed by atoms with E-state index >= 15 is 0 Å². The zero-order valence-corrected chi connectivity index (χ0v) is 32.6. The smallest absolute Gasteiger partial charge is 0.121 e. The molecule has 0 bridgehead atoms. The number of hydrogen-bond acceptors (Lipinski definition) is 3. The van der Waals surface area contributed by atoms with Crippen LogP contribution in [0.1, 0.15) is 77.0 Å². The predicted molar refractivity (Wildman–Crippen MR) is 197 cm³/mol. The van der Waals surface area contributed by atoms with Crippen LogP contribution in [0.25, 0.3) is 44.5 Å². The second kappa shape index (κ2) is 13.3. The van der Waals surface area contributed by atoms with Gasteiger partial charge in [0.2, 0.25) is 0 Å². The van der Waals surface area contributed by atoms with Crippen LogP contribution in [0.5, 0.6) is 0 Å². The van der Waals surface area contributed by atoms with E-state index in [-0.39, 0.29) is 30.9 Å². The Bertz CT molecular complexity index is 2020. The third-order valence-electron chi connectivity index (χ3n) is 9.73. The second-order valence-electron chi connectivity index (χ2n) is 15.4. The van der Waals surface area contributed by atoms with Crippen molar-refractivity contribution in [3.05, 3.63) is 114 Å². The molecule has 6 aromatic rings. The molecule has 0 fully saturated rings. The molecule has 3 heterocycles. The molecule has 7 rings (SSSR count). The molecule has 1 aliphatic carbocycles. The summed E-state index contributed by atoms with van der Waals surface area (Å²) in [7, 11) is -1.33. The van der Waals surface area contributed by atoms with Crippen molar-refractivity contribution in [3.63, 3.8) is 0 Å². The maximum absolute atomic E-state index is 6.16. The third kappa shape index (κ3) is 7.09. The standard InChI is InChI=1S/C22H30NSi.C20H16NO.Ir/c1-21(2)11-12-22(3,4)19-15-23-20(14-18(19)21)16-9-8-10-17(13-16)24(5,6)7;1-13(2)14-9-10-15-16-6-5-7-17(18-8-3-4-11-21-18)20(16)22-19(15)12-14;/h8,10,13-15H,11-12H2,1-7H3;3-6,8-13H,1-2H3;/q2*-1;. The van der Waals surface area contributed by atoms with Crippen LogP contribution in [-0.4, -0.2) is 18.0 Å². The number of furan rings is 1. The monoisotopic (exact) mass is 815 g/mol. The molecule has 0 saturated heterocycles. The molecule has 0 amide bonds. The summed E-state index contributed by atoms with van der Waals surface area (Å²) in [5, 5.41) is 3.73. The first-order valence-electron chi connectivity index (χ1n) is 16.6. The van der Waals surface area contributed by atoms with Gasteiger partial charge in [0.1, 0.15) is 5.58 Å². The molecule has 0 saturated carbocycles. The average Bonchev–Trinajstić information content (AvgIpc) is 3.42. The summed E-state index contributed by atoms with van der Waals surface area (Å²) in [6, 6.07) is 32.0. The minimum atomic E-state index is -1.33. The number of pyridine rings is 2. The van der Waals surface area contributed by atoms with Gasteiger partial charge in [0, 0.05) is 37.9 Å². The number of hydrogen-bond donors (Lipinski definition) is 0. The van der Waals surface area contributed by atoms with Gasteiger partial charge in [0.15, 0.2) is 0 Å². The fourth-order valence-electron chi connectivity index (χ4n) is 6.50. The largest absolute Gasteiger partial charge is 0.501 e. The van der Waals surface area contributed by atoms with Crippen molar-refractivity contribution in [1.82, 2.24) is 9.97 Å². The van der Waals surface area contributed by atoms with E-state index in [4.69, 9.17) is 9.40 Å². The van der Waals surface area contributed by atoms with E-state index in [0.717, 1.165) is 44.5 Å². The second-order valence-corrected chi connectivity index (χ2v) is 20.5. The van der Waals surface area contributed by atoms with E-state index < -0.39 is 8.07 Å². The zero-order chi connectivity index (χ0) is 32.9. The molecular weight excluding hydrogens is 769 g/mol. The molecule has 3 aromatic carbocycles. The van der Waals surface area contributed by atoms with Gasteiger partial charge in [-0.1, -0.05) is 102 Å². The molecule has 1 aliphatic rings. The number of rotatable bonds is 4. The maximum atomic E-state index is 6.16. The first kappa shape index (κ1) is 34.9. The van der Waals surface area contributed by atoms with E-state index in [1.165, 1.54) is 34.7 Å². The number of aromatic nitrogens is 2.